The number of hydrogen-bond donors (Lipinski definition) is 1. The molecule has 0 saturated carbocycles. The number of benzene rings is 1. The van der Waals surface area contributed by atoms with E-state index >= 15 is 0 Å². The van der Waals surface area contributed by atoms with Crippen LogP contribution in [0.15, 0.2) is 46.3 Å². The highest BCUT2D eigenvalue weighted by atomic mass is 32.1. The van der Waals surface area contributed by atoms with Crippen molar-refractivity contribution < 1.29 is 4.52 Å². The summed E-state index contributed by atoms with van der Waals surface area (Å²) >= 11 is 1.78. The van der Waals surface area contributed by atoms with Crippen LogP contribution < -0.4 is 5.32 Å². The van der Waals surface area contributed by atoms with Gasteiger partial charge in [0.2, 0.25) is 11.7 Å². The average Bonchev–Trinajstić information content (AvgIpc) is 3.17. The van der Waals surface area contributed by atoms with E-state index in [1.54, 1.807) is 11.3 Å². The van der Waals surface area contributed by atoms with Gasteiger partial charge in [-0.05, 0) is 37.3 Å². The zero-order valence-electron chi connectivity index (χ0n) is 12.7. The quantitative estimate of drug-likeness (QED) is 0.751. The molecule has 1 unspecified atom stereocenters. The fraction of sp³-hybridized carbons (Fsp3) is 0.294. The van der Waals surface area contributed by atoms with Gasteiger partial charge in [0, 0.05) is 16.5 Å². The molecule has 0 amide bonds. The van der Waals surface area contributed by atoms with Gasteiger partial charge < -0.3 is 9.84 Å². The highest BCUT2D eigenvalue weighted by Crippen LogP contribution is 2.19. The number of aromatic nitrogens is 2. The van der Waals surface area contributed by atoms with Crippen LogP contribution in [0.25, 0.3) is 11.4 Å². The third kappa shape index (κ3) is 3.61. The first-order valence-electron chi connectivity index (χ1n) is 7.36. The van der Waals surface area contributed by atoms with Crippen molar-refractivity contribution in [2.75, 3.05) is 0 Å². The first-order valence-corrected chi connectivity index (χ1v) is 8.24. The van der Waals surface area contributed by atoms with Gasteiger partial charge in [0.05, 0.1) is 6.54 Å². The Morgan fingerprint density at radius 2 is 2.09 bits per heavy atom. The third-order valence-electron chi connectivity index (χ3n) is 3.54. The molecule has 1 N–H and O–H groups in total. The summed E-state index contributed by atoms with van der Waals surface area (Å²) in [5, 5.41) is 9.61. The molecule has 22 heavy (non-hydrogen) atoms. The summed E-state index contributed by atoms with van der Waals surface area (Å²) in [7, 11) is 0. The molecule has 4 nitrogen and oxygen atoms in total. The molecular formula is C17H19N3OS. The summed E-state index contributed by atoms with van der Waals surface area (Å²) < 4.78 is 5.34. The molecule has 5 heteroatoms. The normalized spacial score (nSPS) is 12.5. The van der Waals surface area contributed by atoms with Crippen molar-refractivity contribution in [1.29, 1.82) is 0 Å². The standard InChI is InChI=1S/C17H19N3OS/c1-12-6-3-4-8-15(12)17-19-16(21-20-17)11-18-13(2)10-14-7-5-9-22-14/h3-9,13,18H,10-11H2,1-2H3. The molecule has 1 aromatic carbocycles. The van der Waals surface area contributed by atoms with Crippen molar-refractivity contribution in [3.8, 4) is 11.4 Å². The first kappa shape index (κ1) is 14.9. The van der Waals surface area contributed by atoms with Gasteiger partial charge in [-0.25, -0.2) is 0 Å². The van der Waals surface area contributed by atoms with Crippen molar-refractivity contribution in [3.63, 3.8) is 0 Å². The van der Waals surface area contributed by atoms with Crippen molar-refractivity contribution in [2.45, 2.75) is 32.9 Å². The summed E-state index contributed by atoms with van der Waals surface area (Å²) in [6.07, 6.45) is 1.01. The Morgan fingerprint density at radius 1 is 1.23 bits per heavy atom. The van der Waals surface area contributed by atoms with Crippen LogP contribution in [-0.2, 0) is 13.0 Å². The van der Waals surface area contributed by atoms with Gasteiger partial charge in [0.15, 0.2) is 0 Å². The maximum Gasteiger partial charge on any atom is 0.240 e. The van der Waals surface area contributed by atoms with E-state index in [0.29, 0.717) is 24.3 Å². The maximum atomic E-state index is 5.34. The Hall–Kier alpha value is -1.98. The fourth-order valence-electron chi connectivity index (χ4n) is 2.32. The largest absolute Gasteiger partial charge is 0.338 e. The van der Waals surface area contributed by atoms with Gasteiger partial charge in [-0.3, -0.25) is 0 Å². The SMILES string of the molecule is Cc1ccccc1-c1noc(CNC(C)Cc2cccs2)n1. The summed E-state index contributed by atoms with van der Waals surface area (Å²) in [5.74, 6) is 1.28. The Kier molecular flexibility index (Phi) is 4.65. The van der Waals surface area contributed by atoms with Gasteiger partial charge in [-0.1, -0.05) is 35.5 Å². The Balaban J connectivity index is 1.59. The summed E-state index contributed by atoms with van der Waals surface area (Å²) in [6.45, 7) is 4.80. The van der Waals surface area contributed by atoms with Crippen LogP contribution in [0.4, 0.5) is 0 Å². The van der Waals surface area contributed by atoms with E-state index in [4.69, 9.17) is 4.52 Å². The number of nitrogens with zero attached hydrogens (tertiary/aromatic N) is 2. The molecule has 0 radical (unpaired) electrons. The van der Waals surface area contributed by atoms with Crippen LogP contribution in [0.5, 0.6) is 0 Å². The number of hydrogen-bond acceptors (Lipinski definition) is 5. The van der Waals surface area contributed by atoms with E-state index in [2.05, 4.69) is 39.9 Å². The third-order valence-corrected chi connectivity index (χ3v) is 4.44. The second-order valence-corrected chi connectivity index (χ2v) is 6.42. The molecule has 1 atom stereocenters. The molecular weight excluding hydrogens is 294 g/mol. The Morgan fingerprint density at radius 3 is 2.86 bits per heavy atom. The Labute approximate surface area is 134 Å². The number of thiophene rings is 1. The molecule has 114 valence electrons. The average molecular weight is 313 g/mol. The van der Waals surface area contributed by atoms with E-state index in [1.165, 1.54) is 4.88 Å². The smallest absolute Gasteiger partial charge is 0.240 e. The lowest BCUT2D eigenvalue weighted by molar-refractivity contribution is 0.359. The molecule has 0 aliphatic rings. The van der Waals surface area contributed by atoms with Gasteiger partial charge in [0.1, 0.15) is 0 Å². The van der Waals surface area contributed by atoms with E-state index in [9.17, 15) is 0 Å². The zero-order chi connectivity index (χ0) is 15.4. The lowest BCUT2D eigenvalue weighted by Crippen LogP contribution is -2.27. The highest BCUT2D eigenvalue weighted by molar-refractivity contribution is 7.09. The minimum absolute atomic E-state index is 0.368. The van der Waals surface area contributed by atoms with Crippen LogP contribution in [0.2, 0.25) is 0 Å². The summed E-state index contributed by atoms with van der Waals surface area (Å²) in [4.78, 5) is 5.85. The molecule has 0 spiro atoms. The van der Waals surface area contributed by atoms with E-state index in [1.807, 2.05) is 31.2 Å². The molecule has 3 rings (SSSR count). The van der Waals surface area contributed by atoms with Crippen LogP contribution in [0.1, 0.15) is 23.3 Å². The van der Waals surface area contributed by atoms with E-state index < -0.39 is 0 Å². The van der Waals surface area contributed by atoms with Crippen molar-refractivity contribution >= 4 is 11.3 Å². The monoisotopic (exact) mass is 313 g/mol. The van der Waals surface area contributed by atoms with Gasteiger partial charge in [-0.15, -0.1) is 11.3 Å². The van der Waals surface area contributed by atoms with Crippen LogP contribution in [0.3, 0.4) is 0 Å². The molecule has 0 saturated heterocycles. The van der Waals surface area contributed by atoms with Gasteiger partial charge in [0.25, 0.3) is 0 Å². The molecule has 0 aliphatic heterocycles. The number of nitrogens with one attached hydrogen (secondary N) is 1. The molecule has 3 aromatic rings. The molecule has 0 fully saturated rings. The highest BCUT2D eigenvalue weighted by Gasteiger charge is 2.11. The van der Waals surface area contributed by atoms with E-state index in [0.717, 1.165) is 17.5 Å². The lowest BCUT2D eigenvalue weighted by Gasteiger charge is -2.10. The number of rotatable bonds is 6. The second kappa shape index (κ2) is 6.85. The second-order valence-electron chi connectivity index (χ2n) is 5.39. The molecule has 2 heterocycles. The summed E-state index contributed by atoms with van der Waals surface area (Å²) in [5.41, 5.74) is 2.16. The summed E-state index contributed by atoms with van der Waals surface area (Å²) in [6, 6.07) is 12.7. The zero-order valence-corrected chi connectivity index (χ0v) is 13.6. The van der Waals surface area contributed by atoms with Crippen LogP contribution in [-0.4, -0.2) is 16.2 Å². The predicted molar refractivity (Wildman–Crippen MR) is 88.8 cm³/mol. The minimum atomic E-state index is 0.368. The first-order chi connectivity index (χ1) is 10.7. The Bertz CT molecular complexity index is 721. The predicted octanol–water partition coefficient (Wildman–Crippen LogP) is 3.83. The maximum absolute atomic E-state index is 5.34. The molecule has 2 aromatic heterocycles. The van der Waals surface area contributed by atoms with E-state index in [-0.39, 0.29) is 0 Å². The molecule has 0 aliphatic carbocycles. The van der Waals surface area contributed by atoms with Crippen LogP contribution >= 0.6 is 11.3 Å². The topological polar surface area (TPSA) is 51.0 Å². The minimum Gasteiger partial charge on any atom is -0.338 e. The number of aryl methyl sites for hydroxylation is 1. The van der Waals surface area contributed by atoms with Gasteiger partial charge in [-0.2, -0.15) is 4.98 Å². The van der Waals surface area contributed by atoms with Gasteiger partial charge >= 0.3 is 0 Å². The van der Waals surface area contributed by atoms with Crippen molar-refractivity contribution in [2.24, 2.45) is 0 Å². The molecule has 0 bridgehead atoms. The fourth-order valence-corrected chi connectivity index (χ4v) is 3.16. The van der Waals surface area contributed by atoms with Crippen molar-refractivity contribution in [1.82, 2.24) is 15.5 Å². The van der Waals surface area contributed by atoms with Crippen LogP contribution in [0, 0.1) is 6.92 Å². The lowest BCUT2D eigenvalue weighted by atomic mass is 10.1. The van der Waals surface area contributed by atoms with Crippen molar-refractivity contribution in [3.05, 3.63) is 58.1 Å².